The number of hydrogen-bond donors (Lipinski definition) is 0. The predicted molar refractivity (Wildman–Crippen MR) is 190 cm³/mol. The van der Waals surface area contributed by atoms with E-state index in [1.807, 2.05) is 0 Å². The monoisotopic (exact) mass is 667 g/mol. The van der Waals surface area contributed by atoms with Gasteiger partial charge in [-0.2, -0.15) is 0 Å². The Kier molecular flexibility index (Phi) is 54.4. The third-order valence-electron chi connectivity index (χ3n) is 8.20. The largest absolute Gasteiger partial charge is 3.00 e. The van der Waals surface area contributed by atoms with Gasteiger partial charge in [0, 0.05) is 17.9 Å². The van der Waals surface area contributed by atoms with Crippen LogP contribution in [-0.2, 0) is 14.4 Å². The predicted octanol–water partition coefficient (Wildman–Crippen LogP) is 8.76. The Balaban J connectivity index is -0.000000285. The maximum absolute atomic E-state index is 10.1. The summed E-state index contributed by atoms with van der Waals surface area (Å²) in [7, 11) is 0. The van der Waals surface area contributed by atoms with Crippen molar-refractivity contribution in [2.75, 3.05) is 0 Å². The molecule has 0 aliphatic rings. The zero-order valence-corrected chi connectivity index (χ0v) is 32.0. The Morgan fingerprint density at radius 2 is 0.413 bits per heavy atom. The summed E-state index contributed by atoms with van der Waals surface area (Å²) in [5.41, 5.74) is 0. The van der Waals surface area contributed by atoms with Crippen molar-refractivity contribution in [3.63, 3.8) is 0 Å². The molecule has 6 nitrogen and oxygen atoms in total. The second-order valence-electron chi connectivity index (χ2n) is 12.9. The molecule has 0 heterocycles. The van der Waals surface area contributed by atoms with E-state index in [2.05, 4.69) is 20.8 Å². The van der Waals surface area contributed by atoms with Crippen LogP contribution in [0.2, 0.25) is 0 Å². The van der Waals surface area contributed by atoms with Gasteiger partial charge in [-0.05, 0) is 38.5 Å². The van der Waals surface area contributed by atoms with Crippen LogP contribution in [-0.4, -0.2) is 35.3 Å². The van der Waals surface area contributed by atoms with Gasteiger partial charge in [-0.25, -0.2) is 0 Å². The van der Waals surface area contributed by atoms with Crippen LogP contribution in [0.3, 0.4) is 0 Å². The molecule has 0 aromatic rings. The first-order valence-corrected chi connectivity index (χ1v) is 19.4. The third kappa shape index (κ3) is 61.9. The number of carbonyl (C=O) groups is 3. The Morgan fingerprint density at radius 1 is 0.283 bits per heavy atom. The summed E-state index contributed by atoms with van der Waals surface area (Å²) in [4.78, 5) is 30.4. The zero-order chi connectivity index (χ0) is 34.1. The van der Waals surface area contributed by atoms with E-state index < -0.39 is 17.9 Å². The molecule has 0 atom stereocenters. The quantitative estimate of drug-likeness (QED) is 0.0510. The minimum absolute atomic E-state index is 0. The van der Waals surface area contributed by atoms with Gasteiger partial charge < -0.3 is 29.7 Å². The van der Waals surface area contributed by atoms with Crippen LogP contribution in [0, 0.1) is 0 Å². The summed E-state index contributed by atoms with van der Waals surface area (Å²) in [6.07, 6.45) is 37.8. The van der Waals surface area contributed by atoms with Gasteiger partial charge in [-0.3, -0.25) is 0 Å². The van der Waals surface area contributed by atoms with E-state index in [0.29, 0.717) is 0 Å². The average molecular weight is 667 g/mol. The van der Waals surface area contributed by atoms with Gasteiger partial charge >= 0.3 is 17.4 Å². The van der Waals surface area contributed by atoms with Crippen molar-refractivity contribution in [3.05, 3.63) is 0 Å². The van der Waals surface area contributed by atoms with Gasteiger partial charge in [-0.15, -0.1) is 0 Å². The van der Waals surface area contributed by atoms with Crippen molar-refractivity contribution in [2.24, 2.45) is 0 Å². The SMILES string of the molecule is CCCCCCCCCCCCC(=O)[O-].CCCCCCCCCCCCC(=O)[O-].CCCCCCCCCCCCC(=O)[O-].[Al+3]. The van der Waals surface area contributed by atoms with Crippen LogP contribution in [0.25, 0.3) is 0 Å². The summed E-state index contributed by atoms with van der Waals surface area (Å²) in [6.45, 7) is 6.70. The van der Waals surface area contributed by atoms with E-state index in [1.165, 1.54) is 154 Å². The third-order valence-corrected chi connectivity index (χ3v) is 8.20. The average Bonchev–Trinajstić information content (AvgIpc) is 3.00. The first-order valence-electron chi connectivity index (χ1n) is 19.4. The summed E-state index contributed by atoms with van der Waals surface area (Å²) < 4.78 is 0. The van der Waals surface area contributed by atoms with Crippen molar-refractivity contribution in [2.45, 2.75) is 233 Å². The Morgan fingerprint density at radius 3 is 0.543 bits per heavy atom. The van der Waals surface area contributed by atoms with E-state index in [9.17, 15) is 29.7 Å². The minimum Gasteiger partial charge on any atom is -0.550 e. The number of rotatable bonds is 33. The first-order chi connectivity index (χ1) is 21.8. The molecule has 0 aliphatic carbocycles. The molecular formula is C39H75AlO6. The molecule has 0 rings (SSSR count). The summed E-state index contributed by atoms with van der Waals surface area (Å²) in [6, 6.07) is 0. The molecule has 0 saturated carbocycles. The van der Waals surface area contributed by atoms with Gasteiger partial charge in [0.15, 0.2) is 0 Å². The van der Waals surface area contributed by atoms with Crippen LogP contribution >= 0.6 is 0 Å². The fraction of sp³-hybridized carbons (Fsp3) is 0.923. The normalized spacial score (nSPS) is 10.2. The van der Waals surface area contributed by atoms with Crippen molar-refractivity contribution in [1.29, 1.82) is 0 Å². The summed E-state index contributed by atoms with van der Waals surface area (Å²) in [5.74, 6) is -2.72. The molecule has 7 heteroatoms. The van der Waals surface area contributed by atoms with Crippen LogP contribution in [0.1, 0.15) is 233 Å². The van der Waals surface area contributed by atoms with Gasteiger partial charge in [0.25, 0.3) is 0 Å². The zero-order valence-electron chi connectivity index (χ0n) is 30.9. The van der Waals surface area contributed by atoms with Crippen LogP contribution in [0.15, 0.2) is 0 Å². The topological polar surface area (TPSA) is 120 Å². The molecule has 0 spiro atoms. The van der Waals surface area contributed by atoms with Crippen LogP contribution < -0.4 is 15.3 Å². The van der Waals surface area contributed by atoms with E-state index in [1.54, 1.807) is 0 Å². The molecular weight excluding hydrogens is 591 g/mol. The van der Waals surface area contributed by atoms with E-state index in [-0.39, 0.29) is 36.6 Å². The van der Waals surface area contributed by atoms with Crippen molar-refractivity contribution in [3.8, 4) is 0 Å². The van der Waals surface area contributed by atoms with E-state index in [4.69, 9.17) is 0 Å². The van der Waals surface area contributed by atoms with Crippen LogP contribution in [0.4, 0.5) is 0 Å². The number of hydrogen-bond acceptors (Lipinski definition) is 6. The molecule has 0 bridgehead atoms. The van der Waals surface area contributed by atoms with Crippen molar-refractivity contribution in [1.82, 2.24) is 0 Å². The number of carbonyl (C=O) groups excluding carboxylic acids is 3. The molecule has 0 aromatic carbocycles. The first kappa shape index (κ1) is 51.8. The second-order valence-corrected chi connectivity index (χ2v) is 12.9. The Labute approximate surface area is 296 Å². The van der Waals surface area contributed by atoms with Crippen molar-refractivity contribution >= 4 is 35.3 Å². The van der Waals surface area contributed by atoms with Crippen molar-refractivity contribution < 1.29 is 29.7 Å². The molecule has 0 unspecified atom stereocenters. The Hall–Kier alpha value is -1.06. The fourth-order valence-electron chi connectivity index (χ4n) is 5.27. The molecule has 46 heavy (non-hydrogen) atoms. The van der Waals surface area contributed by atoms with Gasteiger partial charge in [-0.1, -0.05) is 194 Å². The molecule has 0 amide bonds. The summed E-state index contributed by atoms with van der Waals surface area (Å²) in [5, 5.41) is 30.4. The molecule has 0 N–H and O–H groups in total. The summed E-state index contributed by atoms with van der Waals surface area (Å²) >= 11 is 0. The second kappa shape index (κ2) is 48.3. The number of carboxylic acid groups (broad SMARTS) is 3. The molecule has 0 aliphatic heterocycles. The molecule has 270 valence electrons. The smallest absolute Gasteiger partial charge is 0.550 e. The van der Waals surface area contributed by atoms with E-state index >= 15 is 0 Å². The van der Waals surface area contributed by atoms with Gasteiger partial charge in [0.1, 0.15) is 0 Å². The molecule has 0 saturated heterocycles. The molecule has 0 aromatic heterocycles. The maximum Gasteiger partial charge on any atom is 3.00 e. The number of aliphatic carboxylic acids is 3. The maximum atomic E-state index is 10.1. The van der Waals surface area contributed by atoms with Gasteiger partial charge in [0.2, 0.25) is 0 Å². The van der Waals surface area contributed by atoms with E-state index in [0.717, 1.165) is 38.5 Å². The van der Waals surface area contributed by atoms with Crippen LogP contribution in [0.5, 0.6) is 0 Å². The number of unbranched alkanes of at least 4 members (excludes halogenated alkanes) is 27. The molecule has 0 fully saturated rings. The fourth-order valence-corrected chi connectivity index (χ4v) is 5.27. The minimum atomic E-state index is -0.908. The molecule has 0 radical (unpaired) electrons. The van der Waals surface area contributed by atoms with Gasteiger partial charge in [0.05, 0.1) is 0 Å². The number of carboxylic acids is 3. The standard InChI is InChI=1S/3C13H26O2.Al/c3*1-2-3-4-5-6-7-8-9-10-11-12-13(14)15;/h3*2-12H2,1H3,(H,14,15);/q;;;+3/p-3. The Bertz CT molecular complexity index is 518.